The molecule has 2 fully saturated rings. The molecule has 4 aliphatic rings. The van der Waals surface area contributed by atoms with Gasteiger partial charge in [-0.1, -0.05) is 0 Å². The van der Waals surface area contributed by atoms with Crippen molar-refractivity contribution in [2.24, 2.45) is 0 Å². The number of fused-ring (bicyclic) bond motifs is 4. The lowest BCUT2D eigenvalue weighted by Gasteiger charge is -2.27. The largest absolute Gasteiger partial charge is 0.493 e. The molecule has 4 heterocycles. The van der Waals surface area contributed by atoms with Crippen LogP contribution in [0.25, 0.3) is 0 Å². The molecule has 0 radical (unpaired) electrons. The van der Waals surface area contributed by atoms with Crippen LogP contribution < -0.4 is 29.6 Å². The van der Waals surface area contributed by atoms with E-state index in [4.69, 9.17) is 18.9 Å². The summed E-state index contributed by atoms with van der Waals surface area (Å²) < 4.78 is 71.7. The highest BCUT2D eigenvalue weighted by Gasteiger charge is 2.45. The Morgan fingerprint density at radius 3 is 1.94 bits per heavy atom. The molecule has 4 N–H and O–H groups in total. The zero-order chi connectivity index (χ0) is 37.9. The molecule has 2 unspecified atom stereocenters. The van der Waals surface area contributed by atoms with Crippen LogP contribution in [0.3, 0.4) is 0 Å². The number of amides is 3. The van der Waals surface area contributed by atoms with Crippen molar-refractivity contribution >= 4 is 46.4 Å². The highest BCUT2D eigenvalue weighted by atomic mass is 32.2. The normalized spacial score (nSPS) is 22.0. The van der Waals surface area contributed by atoms with Gasteiger partial charge in [0.1, 0.15) is 6.04 Å². The van der Waals surface area contributed by atoms with Crippen molar-refractivity contribution < 1.29 is 56.0 Å². The molecule has 2 aromatic carbocycles. The predicted molar refractivity (Wildman–Crippen MR) is 196 cm³/mol. The number of benzene rings is 2. The van der Waals surface area contributed by atoms with Crippen LogP contribution in [0.2, 0.25) is 0 Å². The minimum atomic E-state index is -4.55. The minimum Gasteiger partial charge on any atom is -0.493 e. The number of carbonyl (C=O) groups excluding carboxylic acids is 3. The molecule has 0 aliphatic carbocycles. The maximum atomic E-state index is 14.0. The lowest BCUT2D eigenvalue weighted by molar-refractivity contribution is -0.119. The first-order valence-electron chi connectivity index (χ1n) is 17.9. The van der Waals surface area contributed by atoms with Crippen molar-refractivity contribution in [2.45, 2.75) is 62.4 Å². The summed E-state index contributed by atoms with van der Waals surface area (Å²) >= 11 is 0. The Morgan fingerprint density at radius 2 is 1.34 bits per heavy atom. The van der Waals surface area contributed by atoms with Crippen LogP contribution in [0.4, 0.5) is 11.4 Å². The number of nitrogens with zero attached hydrogens (tertiary/aromatic N) is 2. The second-order valence-corrected chi connectivity index (χ2v) is 18.7. The molecule has 53 heavy (non-hydrogen) atoms. The van der Waals surface area contributed by atoms with Gasteiger partial charge in [0.15, 0.2) is 28.4 Å². The third-order valence-corrected chi connectivity index (χ3v) is 14.8. The molecular weight excluding hydrogens is 731 g/mol. The first-order chi connectivity index (χ1) is 25.4. The van der Waals surface area contributed by atoms with Crippen LogP contribution in [0, 0.1) is 0 Å². The van der Waals surface area contributed by atoms with Crippen molar-refractivity contribution in [1.29, 1.82) is 0 Å². The fourth-order valence-corrected chi connectivity index (χ4v) is 11.5. The SMILES string of the molecule is COc1cc2c(cc1OCCCP(=O)(CCCO)CCCOc1cc3c(cc1OC)C(=O)N1CCC[C@H]1C(S(=O)(=O)O)N3)NC(=O)[C@@H]1CCCN1C2=O. The van der Waals surface area contributed by atoms with Crippen LogP contribution >= 0.6 is 7.14 Å². The first kappa shape index (κ1) is 38.7. The Hall–Kier alpha value is -4.05. The number of ether oxygens (including phenoxy) is 4. The number of nitrogens with one attached hydrogen (secondary N) is 2. The van der Waals surface area contributed by atoms with E-state index in [1.54, 1.807) is 17.0 Å². The molecule has 2 saturated heterocycles. The predicted octanol–water partition coefficient (Wildman–Crippen LogP) is 3.49. The van der Waals surface area contributed by atoms with Gasteiger partial charge < -0.3 is 49.1 Å². The number of carbonyl (C=O) groups is 3. The summed E-state index contributed by atoms with van der Waals surface area (Å²) in [4.78, 5) is 42.5. The third-order valence-electron chi connectivity index (χ3n) is 10.3. The molecule has 18 heteroatoms. The van der Waals surface area contributed by atoms with E-state index in [0.717, 1.165) is 6.42 Å². The summed E-state index contributed by atoms with van der Waals surface area (Å²) in [5, 5.41) is 13.8. The van der Waals surface area contributed by atoms with Gasteiger partial charge in [0.2, 0.25) is 5.91 Å². The average Bonchev–Trinajstić information content (AvgIpc) is 3.79. The summed E-state index contributed by atoms with van der Waals surface area (Å²) in [5.41, 5.74) is 1.08. The highest BCUT2D eigenvalue weighted by Crippen LogP contribution is 2.48. The van der Waals surface area contributed by atoms with Crippen molar-refractivity contribution in [3.63, 3.8) is 0 Å². The quantitative estimate of drug-likeness (QED) is 0.109. The van der Waals surface area contributed by atoms with Crippen LogP contribution in [0.1, 0.15) is 65.7 Å². The van der Waals surface area contributed by atoms with Crippen LogP contribution in [0.5, 0.6) is 23.0 Å². The lowest BCUT2D eigenvalue weighted by Crippen LogP contribution is -2.47. The number of anilines is 2. The molecule has 3 amide bonds. The summed E-state index contributed by atoms with van der Waals surface area (Å²) in [5.74, 6) is 0.339. The van der Waals surface area contributed by atoms with Crippen molar-refractivity contribution in [2.75, 3.05) is 76.2 Å². The van der Waals surface area contributed by atoms with Gasteiger partial charge in [-0.2, -0.15) is 8.42 Å². The molecule has 0 saturated carbocycles. The van der Waals surface area contributed by atoms with E-state index in [-0.39, 0.29) is 60.3 Å². The smallest absolute Gasteiger partial charge is 0.288 e. The zero-order valence-corrected chi connectivity index (χ0v) is 31.6. The van der Waals surface area contributed by atoms with Gasteiger partial charge in [-0.25, -0.2) is 0 Å². The molecule has 6 rings (SSSR count). The van der Waals surface area contributed by atoms with E-state index in [1.807, 2.05) is 0 Å². The molecule has 0 aromatic heterocycles. The van der Waals surface area contributed by atoms with Gasteiger partial charge in [0.25, 0.3) is 21.9 Å². The lowest BCUT2D eigenvalue weighted by atomic mass is 10.1. The fourth-order valence-electron chi connectivity index (χ4n) is 7.69. The van der Waals surface area contributed by atoms with Gasteiger partial charge in [-0.05, 0) is 57.1 Å². The number of aliphatic hydroxyl groups is 1. The average molecular weight is 779 g/mol. The van der Waals surface area contributed by atoms with Crippen molar-refractivity contribution in [1.82, 2.24) is 9.80 Å². The number of hydrogen-bond donors (Lipinski definition) is 4. The zero-order valence-electron chi connectivity index (χ0n) is 29.9. The molecule has 0 bridgehead atoms. The minimum absolute atomic E-state index is 0.104. The van der Waals surface area contributed by atoms with E-state index < -0.39 is 34.7 Å². The van der Waals surface area contributed by atoms with E-state index >= 15 is 0 Å². The number of hydrogen-bond acceptors (Lipinski definition) is 12. The molecule has 2 aromatic rings. The monoisotopic (exact) mass is 778 g/mol. The van der Waals surface area contributed by atoms with Gasteiger partial charge in [0.05, 0.1) is 63.1 Å². The molecule has 4 aliphatic heterocycles. The molecule has 0 spiro atoms. The summed E-state index contributed by atoms with van der Waals surface area (Å²) in [7, 11) is -4.45. The maximum absolute atomic E-state index is 14.0. The van der Waals surface area contributed by atoms with Crippen molar-refractivity contribution in [3.05, 3.63) is 35.4 Å². The van der Waals surface area contributed by atoms with E-state index in [2.05, 4.69) is 10.6 Å². The Morgan fingerprint density at radius 1 is 0.792 bits per heavy atom. The number of aliphatic hydroxyl groups excluding tert-OH is 1. The van der Waals surface area contributed by atoms with Crippen LogP contribution in [-0.2, 0) is 19.5 Å². The summed E-state index contributed by atoms with van der Waals surface area (Å²) in [6.07, 6.45) is 4.59. The Kier molecular flexibility index (Phi) is 11.8. The standard InChI is InChI=1S/C35H47N4O12PS/c1-48-28-18-22-24(36-32(41)26-8-3-10-38(26)34(22)42)20-30(28)50-13-6-16-52(44,15-5-12-40)17-7-14-51-31-21-25-23(19-29(31)49-2)35(43)39-11-4-9-27(39)33(37-25)53(45,46)47/h18-21,26-27,33,37,40H,3-17H2,1-2H3,(H,36,41)(H,45,46,47)/t26-,27-,33?,52?/m0/s1. The number of methoxy groups -OCH3 is 2. The van der Waals surface area contributed by atoms with Gasteiger partial charge in [0, 0.05) is 50.3 Å². The van der Waals surface area contributed by atoms with Crippen LogP contribution in [-0.4, -0.2) is 129 Å². The fraction of sp³-hybridized carbons (Fsp3) is 0.571. The molecule has 290 valence electrons. The third kappa shape index (κ3) is 8.22. The Labute approximate surface area is 308 Å². The summed E-state index contributed by atoms with van der Waals surface area (Å²) in [6, 6.07) is 4.90. The Bertz CT molecular complexity index is 1890. The van der Waals surface area contributed by atoms with Gasteiger partial charge in [-0.3, -0.25) is 18.9 Å². The molecular formula is C35H47N4O12PS. The Balaban J connectivity index is 1.07. The highest BCUT2D eigenvalue weighted by molar-refractivity contribution is 7.86. The maximum Gasteiger partial charge on any atom is 0.288 e. The first-order valence-corrected chi connectivity index (χ1v) is 21.7. The van der Waals surface area contributed by atoms with E-state index in [0.29, 0.717) is 92.9 Å². The van der Waals surface area contributed by atoms with Crippen LogP contribution in [0.15, 0.2) is 24.3 Å². The topological polar surface area (TPSA) is 210 Å². The second-order valence-electron chi connectivity index (χ2n) is 13.7. The second kappa shape index (κ2) is 16.1. The van der Waals surface area contributed by atoms with E-state index in [1.165, 1.54) is 31.3 Å². The summed E-state index contributed by atoms with van der Waals surface area (Å²) in [6.45, 7) is 1.09. The van der Waals surface area contributed by atoms with E-state index in [9.17, 15) is 37.0 Å². The van der Waals surface area contributed by atoms with Gasteiger partial charge in [-0.15, -0.1) is 0 Å². The molecule has 16 nitrogen and oxygen atoms in total. The number of rotatable bonds is 16. The van der Waals surface area contributed by atoms with Gasteiger partial charge >= 0.3 is 0 Å². The molecule has 4 atom stereocenters. The van der Waals surface area contributed by atoms with Crippen molar-refractivity contribution in [3.8, 4) is 23.0 Å².